The third-order valence-corrected chi connectivity index (χ3v) is 5.76. The molecule has 0 unspecified atom stereocenters. The van der Waals surface area contributed by atoms with E-state index in [1.165, 1.54) is 6.33 Å². The normalized spacial score (nSPS) is 10.7. The molecule has 35 heavy (non-hydrogen) atoms. The highest BCUT2D eigenvalue weighted by Crippen LogP contribution is 2.36. The Morgan fingerprint density at radius 1 is 0.743 bits per heavy atom. The molecule has 1 heterocycles. The van der Waals surface area contributed by atoms with E-state index in [2.05, 4.69) is 15.3 Å². The van der Waals surface area contributed by atoms with Crippen LogP contribution in [-0.2, 0) is 13.1 Å². The molecule has 0 saturated heterocycles. The summed E-state index contributed by atoms with van der Waals surface area (Å²) in [5, 5.41) is 17.6. The second-order valence-corrected chi connectivity index (χ2v) is 8.13. The van der Waals surface area contributed by atoms with Gasteiger partial charge in [0.25, 0.3) is 0 Å². The SMILES string of the molecule is O=[N+]([O-])c1c(Nc2cccc3ccccc23)ncnc1N(Cc1ccccc1)Cc1ccccc1. The van der Waals surface area contributed by atoms with E-state index in [1.807, 2.05) is 108 Å². The van der Waals surface area contributed by atoms with Gasteiger partial charge in [0.2, 0.25) is 11.6 Å². The van der Waals surface area contributed by atoms with E-state index in [0.29, 0.717) is 13.1 Å². The van der Waals surface area contributed by atoms with Crippen molar-refractivity contribution in [3.05, 3.63) is 131 Å². The highest BCUT2D eigenvalue weighted by molar-refractivity contribution is 5.96. The van der Waals surface area contributed by atoms with Gasteiger partial charge in [0.05, 0.1) is 4.92 Å². The molecule has 172 valence electrons. The highest BCUT2D eigenvalue weighted by Gasteiger charge is 2.28. The summed E-state index contributed by atoms with van der Waals surface area (Å²) >= 11 is 0. The minimum atomic E-state index is -0.411. The quantitative estimate of drug-likeness (QED) is 0.210. The number of fused-ring (bicyclic) bond motifs is 1. The molecule has 4 aromatic carbocycles. The molecule has 0 radical (unpaired) electrons. The van der Waals surface area contributed by atoms with E-state index in [-0.39, 0.29) is 17.3 Å². The lowest BCUT2D eigenvalue weighted by atomic mass is 10.1. The summed E-state index contributed by atoms with van der Waals surface area (Å²) in [5.41, 5.74) is 2.64. The fourth-order valence-electron chi connectivity index (χ4n) is 4.14. The van der Waals surface area contributed by atoms with Gasteiger partial charge in [0.1, 0.15) is 6.33 Å². The first-order chi connectivity index (χ1) is 17.2. The molecular formula is C28H23N5O2. The number of rotatable bonds is 8. The fraction of sp³-hybridized carbons (Fsp3) is 0.0714. The van der Waals surface area contributed by atoms with Gasteiger partial charge in [-0.25, -0.2) is 9.97 Å². The summed E-state index contributed by atoms with van der Waals surface area (Å²) in [7, 11) is 0. The van der Waals surface area contributed by atoms with Crippen molar-refractivity contribution < 1.29 is 4.92 Å². The second-order valence-electron chi connectivity index (χ2n) is 8.13. The molecule has 5 rings (SSSR count). The summed E-state index contributed by atoms with van der Waals surface area (Å²) in [4.78, 5) is 22.5. The van der Waals surface area contributed by atoms with E-state index in [9.17, 15) is 10.1 Å². The molecule has 7 heteroatoms. The number of anilines is 3. The number of hydrogen-bond acceptors (Lipinski definition) is 6. The van der Waals surface area contributed by atoms with Crippen LogP contribution >= 0.6 is 0 Å². The molecule has 0 spiro atoms. The van der Waals surface area contributed by atoms with Crippen molar-refractivity contribution in [2.24, 2.45) is 0 Å². The highest BCUT2D eigenvalue weighted by atomic mass is 16.6. The molecule has 1 aromatic heterocycles. The Hall–Kier alpha value is -4.78. The number of nitrogens with one attached hydrogen (secondary N) is 1. The van der Waals surface area contributed by atoms with Gasteiger partial charge in [-0.05, 0) is 22.6 Å². The summed E-state index contributed by atoms with van der Waals surface area (Å²) in [5.74, 6) is 0.419. The Kier molecular flexibility index (Phi) is 6.30. The van der Waals surface area contributed by atoms with E-state index in [4.69, 9.17) is 0 Å². The molecule has 0 aliphatic rings. The van der Waals surface area contributed by atoms with Gasteiger partial charge < -0.3 is 10.2 Å². The van der Waals surface area contributed by atoms with Gasteiger partial charge in [-0.15, -0.1) is 0 Å². The topological polar surface area (TPSA) is 84.2 Å². The van der Waals surface area contributed by atoms with E-state index in [0.717, 1.165) is 27.6 Å². The maximum atomic E-state index is 12.4. The van der Waals surface area contributed by atoms with Crippen LogP contribution in [-0.4, -0.2) is 14.9 Å². The monoisotopic (exact) mass is 461 g/mol. The van der Waals surface area contributed by atoms with Crippen LogP contribution in [0.15, 0.2) is 109 Å². The van der Waals surface area contributed by atoms with Crippen molar-refractivity contribution in [3.63, 3.8) is 0 Å². The van der Waals surface area contributed by atoms with E-state index >= 15 is 0 Å². The summed E-state index contributed by atoms with van der Waals surface area (Å²) < 4.78 is 0. The Bertz CT molecular complexity index is 1410. The predicted molar refractivity (Wildman–Crippen MR) is 139 cm³/mol. The van der Waals surface area contributed by atoms with Crippen LogP contribution in [0, 0.1) is 10.1 Å². The van der Waals surface area contributed by atoms with Crippen molar-refractivity contribution in [1.82, 2.24) is 9.97 Å². The summed E-state index contributed by atoms with van der Waals surface area (Å²) in [6.45, 7) is 0.919. The average molecular weight is 462 g/mol. The summed E-state index contributed by atoms with van der Waals surface area (Å²) in [6.07, 6.45) is 1.37. The van der Waals surface area contributed by atoms with Gasteiger partial charge in [-0.1, -0.05) is 97.1 Å². The Morgan fingerprint density at radius 3 is 2.00 bits per heavy atom. The summed E-state index contributed by atoms with van der Waals surface area (Å²) in [6, 6.07) is 33.4. The van der Waals surface area contributed by atoms with Gasteiger partial charge in [0.15, 0.2) is 0 Å². The number of nitrogens with zero attached hydrogens (tertiary/aromatic N) is 4. The van der Waals surface area contributed by atoms with Crippen molar-refractivity contribution in [2.45, 2.75) is 13.1 Å². The molecule has 7 nitrogen and oxygen atoms in total. The number of nitro groups is 1. The largest absolute Gasteiger partial charge is 0.353 e. The van der Waals surface area contributed by atoms with Crippen molar-refractivity contribution in [1.29, 1.82) is 0 Å². The Morgan fingerprint density at radius 2 is 1.34 bits per heavy atom. The van der Waals surface area contributed by atoms with Gasteiger partial charge in [-0.2, -0.15) is 0 Å². The molecule has 0 saturated carbocycles. The molecule has 0 atom stereocenters. The lowest BCUT2D eigenvalue weighted by Crippen LogP contribution is -2.24. The third kappa shape index (κ3) is 4.94. The first-order valence-electron chi connectivity index (χ1n) is 11.3. The van der Waals surface area contributed by atoms with Crippen LogP contribution in [0.25, 0.3) is 10.8 Å². The number of aromatic nitrogens is 2. The van der Waals surface area contributed by atoms with Crippen LogP contribution in [0.2, 0.25) is 0 Å². The van der Waals surface area contributed by atoms with Crippen LogP contribution < -0.4 is 10.2 Å². The maximum Gasteiger partial charge on any atom is 0.353 e. The molecule has 0 aliphatic carbocycles. The molecule has 0 aliphatic heterocycles. The van der Waals surface area contributed by atoms with Crippen LogP contribution in [0.4, 0.5) is 23.0 Å². The van der Waals surface area contributed by atoms with Gasteiger partial charge in [0, 0.05) is 24.2 Å². The lowest BCUT2D eigenvalue weighted by Gasteiger charge is -2.24. The van der Waals surface area contributed by atoms with Crippen molar-refractivity contribution >= 4 is 33.8 Å². The second kappa shape index (κ2) is 10.0. The average Bonchev–Trinajstić information content (AvgIpc) is 2.89. The zero-order valence-electron chi connectivity index (χ0n) is 18.9. The Balaban J connectivity index is 1.58. The lowest BCUT2D eigenvalue weighted by molar-refractivity contribution is -0.383. The smallest absolute Gasteiger partial charge is 0.342 e. The molecule has 1 N–H and O–H groups in total. The van der Waals surface area contributed by atoms with Gasteiger partial charge in [-0.3, -0.25) is 10.1 Å². The predicted octanol–water partition coefficient (Wildman–Crippen LogP) is 6.49. The zero-order chi connectivity index (χ0) is 24.0. The third-order valence-electron chi connectivity index (χ3n) is 5.76. The van der Waals surface area contributed by atoms with Crippen molar-refractivity contribution in [3.8, 4) is 0 Å². The number of benzene rings is 4. The van der Waals surface area contributed by atoms with Crippen molar-refractivity contribution in [2.75, 3.05) is 10.2 Å². The molecule has 5 aromatic rings. The van der Waals surface area contributed by atoms with E-state index < -0.39 is 4.92 Å². The maximum absolute atomic E-state index is 12.4. The Labute approximate surface area is 202 Å². The zero-order valence-corrected chi connectivity index (χ0v) is 18.9. The number of hydrogen-bond donors (Lipinski definition) is 1. The minimum Gasteiger partial charge on any atom is -0.342 e. The first-order valence-corrected chi connectivity index (χ1v) is 11.3. The fourth-order valence-corrected chi connectivity index (χ4v) is 4.14. The first kappa shape index (κ1) is 22.0. The molecular weight excluding hydrogens is 438 g/mol. The molecule has 0 amide bonds. The molecule has 0 bridgehead atoms. The van der Waals surface area contributed by atoms with Crippen LogP contribution in [0.3, 0.4) is 0 Å². The molecule has 0 fully saturated rings. The minimum absolute atomic E-state index is 0.155. The van der Waals surface area contributed by atoms with Gasteiger partial charge >= 0.3 is 5.69 Å². The standard InChI is InChI=1S/C28H23N5O2/c34-33(35)26-27(31-25-17-9-15-23-14-7-8-16-24(23)25)29-20-30-28(26)32(18-21-10-3-1-4-11-21)19-22-12-5-2-6-13-22/h1-17,20H,18-19H2,(H,29,30,31). The van der Waals surface area contributed by atoms with Crippen LogP contribution in [0.1, 0.15) is 11.1 Å². The van der Waals surface area contributed by atoms with E-state index in [1.54, 1.807) is 0 Å². The van der Waals surface area contributed by atoms with Crippen LogP contribution in [0.5, 0.6) is 0 Å².